The number of esters is 1. The number of carbonyl (C=O) groups excluding carboxylic acids is 1. The molecule has 0 fully saturated rings. The molecule has 0 aliphatic carbocycles. The van der Waals surface area contributed by atoms with Gasteiger partial charge in [-0.15, -0.1) is 0 Å². The first-order chi connectivity index (χ1) is 8.87. The molecule has 1 aromatic rings. The minimum Gasteiger partial charge on any atom is -0.462 e. The second kappa shape index (κ2) is 6.49. The first-order valence-corrected chi connectivity index (χ1v) is 5.96. The maximum absolute atomic E-state index is 12.1. The highest BCUT2D eigenvalue weighted by Crippen LogP contribution is 2.21. The summed E-state index contributed by atoms with van der Waals surface area (Å²) in [5, 5.41) is 0. The number of aryl methyl sites for hydroxylation is 2. The van der Waals surface area contributed by atoms with Crippen molar-refractivity contribution in [2.24, 2.45) is 0 Å². The molecule has 0 atom stereocenters. The number of rotatable bonds is 5. The van der Waals surface area contributed by atoms with Crippen molar-refractivity contribution in [2.75, 3.05) is 6.61 Å². The Morgan fingerprint density at radius 3 is 2.58 bits per heavy atom. The van der Waals surface area contributed by atoms with Crippen molar-refractivity contribution < 1.29 is 22.7 Å². The van der Waals surface area contributed by atoms with Crippen molar-refractivity contribution in [3.8, 4) is 0 Å². The third-order valence-electron chi connectivity index (χ3n) is 2.38. The van der Waals surface area contributed by atoms with E-state index in [1.807, 2.05) is 0 Å². The molecule has 0 N–H and O–H groups in total. The van der Waals surface area contributed by atoms with E-state index in [0.29, 0.717) is 12.1 Å². The fourth-order valence-corrected chi connectivity index (χ4v) is 1.48. The number of nitrogens with zero attached hydrogens (tertiary/aromatic N) is 2. The molecule has 1 heterocycles. The Morgan fingerprint density at radius 1 is 1.37 bits per heavy atom. The van der Waals surface area contributed by atoms with Crippen molar-refractivity contribution in [2.45, 2.75) is 39.3 Å². The molecule has 0 aromatic carbocycles. The van der Waals surface area contributed by atoms with Crippen molar-refractivity contribution in [1.29, 1.82) is 0 Å². The maximum Gasteiger partial charge on any atom is 0.389 e. The summed E-state index contributed by atoms with van der Waals surface area (Å²) < 4.78 is 41.1. The molecule has 0 radical (unpaired) electrons. The lowest BCUT2D eigenvalue weighted by Gasteiger charge is -2.09. The minimum absolute atomic E-state index is 0.0854. The zero-order valence-corrected chi connectivity index (χ0v) is 10.8. The lowest BCUT2D eigenvalue weighted by Crippen LogP contribution is -2.14. The fraction of sp³-hybridized carbons (Fsp3) is 0.583. The van der Waals surface area contributed by atoms with E-state index in [0.717, 1.165) is 0 Å². The molecule has 0 saturated heterocycles. The van der Waals surface area contributed by atoms with Crippen LogP contribution in [-0.2, 0) is 17.6 Å². The number of aromatic nitrogens is 2. The third-order valence-corrected chi connectivity index (χ3v) is 2.38. The highest BCUT2D eigenvalue weighted by molar-refractivity contribution is 5.90. The quantitative estimate of drug-likeness (QED) is 0.776. The molecular weight excluding hydrogens is 261 g/mol. The average molecular weight is 276 g/mol. The minimum atomic E-state index is -4.24. The molecule has 1 aromatic heterocycles. The van der Waals surface area contributed by atoms with E-state index in [-0.39, 0.29) is 24.4 Å². The molecule has 106 valence electrons. The lowest BCUT2D eigenvalue weighted by molar-refractivity contribution is -0.134. The predicted molar refractivity (Wildman–Crippen MR) is 61.7 cm³/mol. The molecule has 0 saturated carbocycles. The summed E-state index contributed by atoms with van der Waals surface area (Å²) in [6.07, 6.45) is -3.85. The largest absolute Gasteiger partial charge is 0.462 e. The Balaban J connectivity index is 2.86. The molecule has 19 heavy (non-hydrogen) atoms. The number of halogens is 3. The first-order valence-electron chi connectivity index (χ1n) is 5.96. The normalized spacial score (nSPS) is 11.4. The van der Waals surface area contributed by atoms with Gasteiger partial charge in [-0.3, -0.25) is 0 Å². The summed E-state index contributed by atoms with van der Waals surface area (Å²) >= 11 is 0. The second-order valence-electron chi connectivity index (χ2n) is 3.84. The van der Waals surface area contributed by atoms with Crippen molar-refractivity contribution in [1.82, 2.24) is 9.97 Å². The van der Waals surface area contributed by atoms with E-state index in [9.17, 15) is 18.0 Å². The molecule has 0 aliphatic heterocycles. The molecule has 7 heteroatoms. The summed E-state index contributed by atoms with van der Waals surface area (Å²) in [4.78, 5) is 19.3. The van der Waals surface area contributed by atoms with Crippen LogP contribution in [0.1, 0.15) is 42.1 Å². The Morgan fingerprint density at radius 2 is 2.05 bits per heavy atom. The zero-order valence-electron chi connectivity index (χ0n) is 10.8. The van der Waals surface area contributed by atoms with Crippen molar-refractivity contribution in [3.05, 3.63) is 23.3 Å². The van der Waals surface area contributed by atoms with Crippen LogP contribution in [0.25, 0.3) is 0 Å². The Kier molecular flexibility index (Phi) is 5.26. The van der Waals surface area contributed by atoms with Crippen molar-refractivity contribution in [3.63, 3.8) is 0 Å². The van der Waals surface area contributed by atoms with E-state index in [1.165, 1.54) is 6.20 Å². The van der Waals surface area contributed by atoms with Gasteiger partial charge in [0.1, 0.15) is 5.82 Å². The molecule has 0 unspecified atom stereocenters. The topological polar surface area (TPSA) is 52.1 Å². The van der Waals surface area contributed by atoms with Crippen LogP contribution in [0, 0.1) is 0 Å². The molecule has 4 nitrogen and oxygen atoms in total. The molecular formula is C12H15F3N2O2. The van der Waals surface area contributed by atoms with Gasteiger partial charge in [0.15, 0.2) is 0 Å². The summed E-state index contributed by atoms with van der Waals surface area (Å²) in [6, 6.07) is 0. The Bertz CT molecular complexity index is 447. The van der Waals surface area contributed by atoms with Gasteiger partial charge in [-0.2, -0.15) is 13.2 Å². The zero-order chi connectivity index (χ0) is 14.5. The van der Waals surface area contributed by atoms with Gasteiger partial charge < -0.3 is 4.74 Å². The van der Waals surface area contributed by atoms with Crippen LogP contribution in [0.2, 0.25) is 0 Å². The lowest BCUT2D eigenvalue weighted by atomic mass is 10.2. The van der Waals surface area contributed by atoms with Crippen LogP contribution in [0.5, 0.6) is 0 Å². The van der Waals surface area contributed by atoms with E-state index in [2.05, 4.69) is 9.97 Å². The monoisotopic (exact) mass is 276 g/mol. The number of hydrogen-bond donors (Lipinski definition) is 0. The third kappa shape index (κ3) is 4.84. The fourth-order valence-electron chi connectivity index (χ4n) is 1.48. The van der Waals surface area contributed by atoms with Crippen LogP contribution in [-0.4, -0.2) is 28.7 Å². The van der Waals surface area contributed by atoms with E-state index >= 15 is 0 Å². The van der Waals surface area contributed by atoms with Crippen LogP contribution < -0.4 is 0 Å². The molecule has 0 amide bonds. The van der Waals surface area contributed by atoms with Gasteiger partial charge in [0.05, 0.1) is 24.3 Å². The van der Waals surface area contributed by atoms with Gasteiger partial charge in [-0.05, 0) is 13.3 Å². The van der Waals surface area contributed by atoms with Gasteiger partial charge in [0.25, 0.3) is 0 Å². The van der Waals surface area contributed by atoms with Crippen LogP contribution in [0.4, 0.5) is 13.2 Å². The van der Waals surface area contributed by atoms with Gasteiger partial charge >= 0.3 is 12.1 Å². The van der Waals surface area contributed by atoms with E-state index < -0.39 is 18.6 Å². The smallest absolute Gasteiger partial charge is 0.389 e. The highest BCUT2D eigenvalue weighted by Gasteiger charge is 2.27. The van der Waals surface area contributed by atoms with Crippen LogP contribution in [0.15, 0.2) is 6.20 Å². The average Bonchev–Trinajstić information content (AvgIpc) is 2.35. The van der Waals surface area contributed by atoms with E-state index in [4.69, 9.17) is 4.74 Å². The molecule has 0 spiro atoms. The van der Waals surface area contributed by atoms with E-state index in [1.54, 1.807) is 13.8 Å². The van der Waals surface area contributed by atoms with Crippen molar-refractivity contribution >= 4 is 5.97 Å². The number of alkyl halides is 3. The first kappa shape index (κ1) is 15.4. The summed E-state index contributed by atoms with van der Waals surface area (Å²) in [5.41, 5.74) is 0.616. The van der Waals surface area contributed by atoms with Crippen LogP contribution in [0.3, 0.4) is 0 Å². The highest BCUT2D eigenvalue weighted by atomic mass is 19.4. The summed E-state index contributed by atoms with van der Waals surface area (Å²) in [6.45, 7) is 3.65. The molecule has 0 aliphatic rings. The molecule has 1 rings (SSSR count). The maximum atomic E-state index is 12.1. The van der Waals surface area contributed by atoms with Gasteiger partial charge in [0.2, 0.25) is 0 Å². The second-order valence-corrected chi connectivity index (χ2v) is 3.84. The SMILES string of the molecule is CCOC(=O)c1cnc(CCC(F)(F)F)nc1CC. The molecule has 0 bridgehead atoms. The Hall–Kier alpha value is -1.66. The number of ether oxygens (including phenoxy) is 1. The Labute approximate surface area is 109 Å². The van der Waals surface area contributed by atoms with Gasteiger partial charge in [0, 0.05) is 12.6 Å². The van der Waals surface area contributed by atoms with Gasteiger partial charge in [-0.1, -0.05) is 6.92 Å². The standard InChI is InChI=1S/C12H15F3N2O2/c1-3-9-8(11(18)19-4-2)7-16-10(17-9)5-6-12(13,14)15/h7H,3-6H2,1-2H3. The van der Waals surface area contributed by atoms with Crippen LogP contribution >= 0.6 is 0 Å². The number of carbonyl (C=O) groups is 1. The summed E-state index contributed by atoms with van der Waals surface area (Å²) in [5.74, 6) is -0.469. The predicted octanol–water partition coefficient (Wildman–Crippen LogP) is 2.71. The number of hydrogen-bond acceptors (Lipinski definition) is 4. The summed E-state index contributed by atoms with van der Waals surface area (Å²) in [7, 11) is 0. The van der Waals surface area contributed by atoms with Gasteiger partial charge in [-0.25, -0.2) is 14.8 Å².